The molecule has 0 aromatic heterocycles. The lowest BCUT2D eigenvalue weighted by Gasteiger charge is -2.37. The zero-order valence-electron chi connectivity index (χ0n) is 14.1. The first-order chi connectivity index (χ1) is 11.9. The highest BCUT2D eigenvalue weighted by atomic mass is 19.1. The molecule has 2 aromatic carbocycles. The number of rotatable bonds is 6. The summed E-state index contributed by atoms with van der Waals surface area (Å²) >= 11 is 0. The van der Waals surface area contributed by atoms with Crippen LogP contribution in [0.15, 0.2) is 54.6 Å². The van der Waals surface area contributed by atoms with Crippen molar-refractivity contribution in [3.05, 3.63) is 71.5 Å². The van der Waals surface area contributed by atoms with Crippen LogP contribution in [0.3, 0.4) is 0 Å². The lowest BCUT2D eigenvalue weighted by atomic mass is 9.85. The summed E-state index contributed by atoms with van der Waals surface area (Å²) in [5.74, 6) is -2.01. The summed E-state index contributed by atoms with van der Waals surface area (Å²) in [5, 5.41) is 9.79. The summed E-state index contributed by atoms with van der Waals surface area (Å²) in [6.07, 6.45) is -0.850. The summed E-state index contributed by atoms with van der Waals surface area (Å²) in [5.41, 5.74) is -1.16. The van der Waals surface area contributed by atoms with E-state index >= 15 is 0 Å². The van der Waals surface area contributed by atoms with E-state index in [0.717, 1.165) is 10.5 Å². The zero-order chi connectivity index (χ0) is 18.4. The van der Waals surface area contributed by atoms with Crippen LogP contribution in [0.4, 0.5) is 9.18 Å². The Hall–Kier alpha value is -2.89. The van der Waals surface area contributed by atoms with Crippen molar-refractivity contribution in [1.82, 2.24) is 4.90 Å². The minimum absolute atomic E-state index is 0.000693. The normalized spacial score (nSPS) is 12.9. The molecule has 2 rings (SSSR count). The summed E-state index contributed by atoms with van der Waals surface area (Å²) in [7, 11) is 1.30. The molecule has 0 heterocycles. The third-order valence-corrected chi connectivity index (χ3v) is 4.24. The monoisotopic (exact) mass is 345 g/mol. The molecule has 1 unspecified atom stereocenters. The predicted molar refractivity (Wildman–Crippen MR) is 90.4 cm³/mol. The highest BCUT2D eigenvalue weighted by Gasteiger charge is 2.47. The van der Waals surface area contributed by atoms with Gasteiger partial charge >= 0.3 is 12.1 Å². The molecule has 1 amide bonds. The maximum atomic E-state index is 14.3. The van der Waals surface area contributed by atoms with E-state index in [-0.39, 0.29) is 18.6 Å². The van der Waals surface area contributed by atoms with E-state index in [4.69, 9.17) is 4.74 Å². The smallest absolute Gasteiger partial charge is 0.411 e. The summed E-state index contributed by atoms with van der Waals surface area (Å²) < 4.78 is 19.5. The zero-order valence-corrected chi connectivity index (χ0v) is 14.1. The topological polar surface area (TPSA) is 66.8 Å². The van der Waals surface area contributed by atoms with Gasteiger partial charge in [-0.1, -0.05) is 55.5 Å². The number of halogens is 1. The van der Waals surface area contributed by atoms with E-state index in [1.165, 1.54) is 31.3 Å². The Balaban J connectivity index is 2.30. The molecule has 0 aliphatic heterocycles. The molecule has 0 spiro atoms. The highest BCUT2D eigenvalue weighted by Crippen LogP contribution is 2.34. The molecule has 0 fully saturated rings. The quantitative estimate of drug-likeness (QED) is 0.865. The van der Waals surface area contributed by atoms with Crippen molar-refractivity contribution in [2.75, 3.05) is 7.05 Å². The van der Waals surface area contributed by atoms with Crippen LogP contribution in [-0.4, -0.2) is 29.1 Å². The van der Waals surface area contributed by atoms with Gasteiger partial charge in [-0.3, -0.25) is 4.90 Å². The number of hydrogen-bond acceptors (Lipinski definition) is 3. The molecule has 0 bridgehead atoms. The summed E-state index contributed by atoms with van der Waals surface area (Å²) in [4.78, 5) is 25.4. The molecule has 0 saturated carbocycles. The molecule has 0 aliphatic carbocycles. The standard InChI is InChI=1S/C19H20FNO4/c1-3-19(17(22)23,15-11-7-8-12-16(15)20)21(2)18(24)25-13-14-9-5-4-6-10-14/h4-12H,3,13H2,1-2H3,(H,22,23). The van der Waals surface area contributed by atoms with Crippen molar-refractivity contribution in [2.45, 2.75) is 25.5 Å². The molecular weight excluding hydrogens is 325 g/mol. The number of aliphatic carboxylic acids is 1. The van der Waals surface area contributed by atoms with E-state index in [1.54, 1.807) is 31.2 Å². The van der Waals surface area contributed by atoms with Crippen LogP contribution in [0.25, 0.3) is 0 Å². The Morgan fingerprint density at radius 2 is 1.72 bits per heavy atom. The Bertz CT molecular complexity index is 750. The Labute approximate surface area is 145 Å². The molecule has 2 aromatic rings. The lowest BCUT2D eigenvalue weighted by Crippen LogP contribution is -2.53. The van der Waals surface area contributed by atoms with Crippen molar-refractivity contribution in [2.24, 2.45) is 0 Å². The van der Waals surface area contributed by atoms with Gasteiger partial charge in [-0.05, 0) is 18.1 Å². The second-order valence-corrected chi connectivity index (χ2v) is 5.60. The van der Waals surface area contributed by atoms with Crippen LogP contribution in [0, 0.1) is 5.82 Å². The second kappa shape index (κ2) is 7.79. The van der Waals surface area contributed by atoms with Crippen LogP contribution in [-0.2, 0) is 21.7 Å². The minimum atomic E-state index is -1.85. The molecule has 132 valence electrons. The highest BCUT2D eigenvalue weighted by molar-refractivity contribution is 5.85. The van der Waals surface area contributed by atoms with E-state index in [1.807, 2.05) is 6.07 Å². The van der Waals surface area contributed by atoms with Crippen molar-refractivity contribution in [3.8, 4) is 0 Å². The van der Waals surface area contributed by atoms with Crippen molar-refractivity contribution < 1.29 is 23.8 Å². The molecule has 25 heavy (non-hydrogen) atoms. The van der Waals surface area contributed by atoms with E-state index in [9.17, 15) is 19.1 Å². The van der Waals surface area contributed by atoms with E-state index in [0.29, 0.717) is 0 Å². The van der Waals surface area contributed by atoms with Gasteiger partial charge in [-0.2, -0.15) is 0 Å². The third kappa shape index (κ3) is 3.63. The first-order valence-electron chi connectivity index (χ1n) is 7.86. The summed E-state index contributed by atoms with van der Waals surface area (Å²) in [6, 6.07) is 14.6. The SMILES string of the molecule is CCC(C(=O)O)(c1ccccc1F)N(C)C(=O)OCc1ccccc1. The lowest BCUT2D eigenvalue weighted by molar-refractivity contribution is -0.151. The molecule has 0 aliphatic rings. The Morgan fingerprint density at radius 1 is 1.12 bits per heavy atom. The number of hydrogen-bond donors (Lipinski definition) is 1. The molecular formula is C19H20FNO4. The number of benzene rings is 2. The van der Waals surface area contributed by atoms with Crippen LogP contribution >= 0.6 is 0 Å². The largest absolute Gasteiger partial charge is 0.479 e. The predicted octanol–water partition coefficient (Wildman–Crippen LogP) is 3.78. The van der Waals surface area contributed by atoms with Gasteiger partial charge in [0.25, 0.3) is 0 Å². The third-order valence-electron chi connectivity index (χ3n) is 4.24. The van der Waals surface area contributed by atoms with Gasteiger partial charge in [0, 0.05) is 12.6 Å². The molecule has 0 saturated heterocycles. The van der Waals surface area contributed by atoms with E-state index < -0.39 is 23.4 Å². The number of ether oxygens (including phenoxy) is 1. The van der Waals surface area contributed by atoms with Crippen LogP contribution in [0.2, 0.25) is 0 Å². The Morgan fingerprint density at radius 3 is 2.28 bits per heavy atom. The molecule has 1 N–H and O–H groups in total. The molecule has 1 atom stereocenters. The van der Waals surface area contributed by atoms with Crippen LogP contribution < -0.4 is 0 Å². The summed E-state index contributed by atoms with van der Waals surface area (Å²) in [6.45, 7) is 1.59. The molecule has 6 heteroatoms. The average Bonchev–Trinajstić information content (AvgIpc) is 2.62. The van der Waals surface area contributed by atoms with E-state index in [2.05, 4.69) is 0 Å². The van der Waals surface area contributed by atoms with Gasteiger partial charge in [0.15, 0.2) is 5.54 Å². The van der Waals surface area contributed by atoms with Gasteiger partial charge in [-0.15, -0.1) is 0 Å². The van der Waals surface area contributed by atoms with Gasteiger partial charge < -0.3 is 9.84 Å². The fraction of sp³-hybridized carbons (Fsp3) is 0.263. The molecule has 5 nitrogen and oxygen atoms in total. The first kappa shape index (κ1) is 18.4. The minimum Gasteiger partial charge on any atom is -0.479 e. The number of carboxylic acid groups (broad SMARTS) is 1. The fourth-order valence-corrected chi connectivity index (χ4v) is 2.79. The maximum Gasteiger partial charge on any atom is 0.411 e. The molecule has 0 radical (unpaired) electrons. The fourth-order valence-electron chi connectivity index (χ4n) is 2.79. The van der Waals surface area contributed by atoms with Crippen molar-refractivity contribution in [1.29, 1.82) is 0 Å². The maximum absolute atomic E-state index is 14.3. The number of carbonyl (C=O) groups excluding carboxylic acids is 1. The number of nitrogens with zero attached hydrogens (tertiary/aromatic N) is 1. The number of amides is 1. The first-order valence-corrected chi connectivity index (χ1v) is 7.86. The van der Waals surface area contributed by atoms with Crippen molar-refractivity contribution >= 4 is 12.1 Å². The number of carboxylic acids is 1. The average molecular weight is 345 g/mol. The number of likely N-dealkylation sites (N-methyl/N-ethyl adjacent to an activating group) is 1. The van der Waals surface area contributed by atoms with Crippen molar-refractivity contribution in [3.63, 3.8) is 0 Å². The van der Waals surface area contributed by atoms with Crippen LogP contribution in [0.5, 0.6) is 0 Å². The van der Waals surface area contributed by atoms with Crippen LogP contribution in [0.1, 0.15) is 24.5 Å². The van der Waals surface area contributed by atoms with Gasteiger partial charge in [-0.25, -0.2) is 14.0 Å². The van der Waals surface area contributed by atoms with Gasteiger partial charge in [0.2, 0.25) is 0 Å². The number of carbonyl (C=O) groups is 2. The van der Waals surface area contributed by atoms with Gasteiger partial charge in [0.05, 0.1) is 0 Å². The second-order valence-electron chi connectivity index (χ2n) is 5.60. The van der Waals surface area contributed by atoms with Gasteiger partial charge in [0.1, 0.15) is 12.4 Å². The Kier molecular flexibility index (Phi) is 5.75.